The van der Waals surface area contributed by atoms with E-state index in [4.69, 9.17) is 9.84 Å². The predicted molar refractivity (Wildman–Crippen MR) is 100 cm³/mol. The van der Waals surface area contributed by atoms with E-state index in [-0.39, 0.29) is 30.5 Å². The first-order valence-electron chi connectivity index (χ1n) is 9.07. The number of methoxy groups -OCH3 is 1. The van der Waals surface area contributed by atoms with Crippen LogP contribution >= 0.6 is 0 Å². The minimum absolute atomic E-state index is 0.0526. The average Bonchev–Trinajstić information content (AvgIpc) is 2.64. The lowest BCUT2D eigenvalue weighted by molar-refractivity contribution is -0.120. The topological polar surface area (TPSA) is 70.6 Å². The number of carbonyl (C=O) groups excluding carboxylic acids is 1. The van der Waals surface area contributed by atoms with E-state index < -0.39 is 0 Å². The second kappa shape index (κ2) is 10.3. The van der Waals surface area contributed by atoms with Crippen molar-refractivity contribution in [1.29, 1.82) is 0 Å². The summed E-state index contributed by atoms with van der Waals surface area (Å²) in [4.78, 5) is 12.3. The molecule has 0 spiro atoms. The van der Waals surface area contributed by atoms with Crippen molar-refractivity contribution in [3.05, 3.63) is 42.0 Å². The number of hydrogen-bond donors (Lipinski definition) is 3. The molecule has 1 unspecified atom stereocenters. The molecule has 1 aliphatic rings. The van der Waals surface area contributed by atoms with Gasteiger partial charge in [-0.1, -0.05) is 31.2 Å². The van der Waals surface area contributed by atoms with E-state index in [0.29, 0.717) is 6.42 Å². The Morgan fingerprint density at radius 3 is 2.80 bits per heavy atom. The molecule has 5 nitrogen and oxygen atoms in total. The van der Waals surface area contributed by atoms with Crippen molar-refractivity contribution in [2.24, 2.45) is 11.8 Å². The van der Waals surface area contributed by atoms with Gasteiger partial charge < -0.3 is 20.5 Å². The van der Waals surface area contributed by atoms with Gasteiger partial charge in [0.1, 0.15) is 0 Å². The SMILES string of the molecule is CO[C@H](c1ccc(NC(=O)C2CCCNC2)cc1)[C@H](C)/C=C/CCO. The highest BCUT2D eigenvalue weighted by atomic mass is 16.5. The molecule has 0 aromatic heterocycles. The lowest BCUT2D eigenvalue weighted by Gasteiger charge is -2.23. The van der Waals surface area contributed by atoms with Gasteiger partial charge in [0, 0.05) is 31.9 Å². The third kappa shape index (κ3) is 5.96. The highest BCUT2D eigenvalue weighted by Crippen LogP contribution is 2.27. The summed E-state index contributed by atoms with van der Waals surface area (Å²) < 4.78 is 5.64. The lowest BCUT2D eigenvalue weighted by Crippen LogP contribution is -2.37. The van der Waals surface area contributed by atoms with Gasteiger partial charge in [-0.25, -0.2) is 0 Å². The number of hydrogen-bond acceptors (Lipinski definition) is 4. The molecule has 1 aromatic carbocycles. The Hall–Kier alpha value is -1.69. The lowest BCUT2D eigenvalue weighted by atomic mass is 9.96. The van der Waals surface area contributed by atoms with Crippen molar-refractivity contribution < 1.29 is 14.6 Å². The summed E-state index contributed by atoms with van der Waals surface area (Å²) in [6, 6.07) is 7.86. The fourth-order valence-electron chi connectivity index (χ4n) is 3.22. The van der Waals surface area contributed by atoms with Crippen molar-refractivity contribution in [3.8, 4) is 0 Å². The van der Waals surface area contributed by atoms with Crippen molar-refractivity contribution in [2.45, 2.75) is 32.3 Å². The molecular weight excluding hydrogens is 316 g/mol. The summed E-state index contributed by atoms with van der Waals surface area (Å²) in [5.41, 5.74) is 1.89. The second-order valence-electron chi connectivity index (χ2n) is 6.61. The molecule has 3 N–H and O–H groups in total. The molecule has 0 bridgehead atoms. The van der Waals surface area contributed by atoms with E-state index in [9.17, 15) is 4.79 Å². The normalized spacial score (nSPS) is 20.4. The number of ether oxygens (including phenoxy) is 1. The smallest absolute Gasteiger partial charge is 0.228 e. The Morgan fingerprint density at radius 2 is 2.20 bits per heavy atom. The first kappa shape index (κ1) is 19.6. The van der Waals surface area contributed by atoms with Crippen molar-refractivity contribution in [3.63, 3.8) is 0 Å². The van der Waals surface area contributed by atoms with E-state index in [1.807, 2.05) is 30.3 Å². The fraction of sp³-hybridized carbons (Fsp3) is 0.550. The predicted octanol–water partition coefficient (Wildman–Crippen LogP) is 2.89. The third-order valence-corrected chi connectivity index (χ3v) is 4.64. The molecule has 138 valence electrons. The number of benzene rings is 1. The minimum Gasteiger partial charge on any atom is -0.396 e. The van der Waals surface area contributed by atoms with Crippen LogP contribution in [-0.2, 0) is 9.53 Å². The van der Waals surface area contributed by atoms with Crippen molar-refractivity contribution >= 4 is 11.6 Å². The Kier molecular flexibility index (Phi) is 8.12. The number of anilines is 1. The highest BCUT2D eigenvalue weighted by molar-refractivity contribution is 5.92. The first-order chi connectivity index (χ1) is 12.2. The molecule has 2 rings (SSSR count). The van der Waals surface area contributed by atoms with Gasteiger partial charge >= 0.3 is 0 Å². The van der Waals surface area contributed by atoms with E-state index in [2.05, 4.69) is 23.6 Å². The van der Waals surface area contributed by atoms with Crippen LogP contribution in [0.3, 0.4) is 0 Å². The van der Waals surface area contributed by atoms with Gasteiger partial charge in [-0.05, 0) is 43.5 Å². The van der Waals surface area contributed by atoms with E-state index in [0.717, 1.165) is 37.2 Å². The van der Waals surface area contributed by atoms with Crippen LogP contribution in [0.5, 0.6) is 0 Å². The largest absolute Gasteiger partial charge is 0.396 e. The molecule has 1 amide bonds. The molecule has 1 fully saturated rings. The Balaban J connectivity index is 1.96. The number of aliphatic hydroxyl groups excluding tert-OH is 1. The van der Waals surface area contributed by atoms with Crippen LogP contribution in [0.1, 0.15) is 37.9 Å². The number of carbonyl (C=O) groups is 1. The van der Waals surface area contributed by atoms with Crippen LogP contribution in [0.25, 0.3) is 0 Å². The second-order valence-corrected chi connectivity index (χ2v) is 6.61. The molecule has 5 heteroatoms. The van der Waals surface area contributed by atoms with Gasteiger partial charge in [-0.2, -0.15) is 0 Å². The zero-order valence-electron chi connectivity index (χ0n) is 15.2. The average molecular weight is 346 g/mol. The Bertz CT molecular complexity index is 551. The zero-order valence-corrected chi connectivity index (χ0v) is 15.2. The van der Waals surface area contributed by atoms with Crippen LogP contribution in [0, 0.1) is 11.8 Å². The molecule has 1 heterocycles. The minimum atomic E-state index is -0.0535. The van der Waals surface area contributed by atoms with Crippen LogP contribution in [0.4, 0.5) is 5.69 Å². The molecule has 25 heavy (non-hydrogen) atoms. The standard InChI is InChI=1S/C20H30N2O3/c1-15(6-3-4-13-23)19(25-2)16-8-10-18(11-9-16)22-20(24)17-7-5-12-21-14-17/h3,6,8-11,15,17,19,21,23H,4-5,7,12-14H2,1-2H3,(H,22,24)/b6-3+/t15-,17?,19+/m1/s1. The van der Waals surface area contributed by atoms with E-state index >= 15 is 0 Å². The van der Waals surface area contributed by atoms with Gasteiger partial charge in [0.05, 0.1) is 12.0 Å². The number of aliphatic hydroxyl groups is 1. The molecule has 1 aliphatic heterocycles. The van der Waals surface area contributed by atoms with Crippen molar-refractivity contribution in [1.82, 2.24) is 5.32 Å². The number of piperidine rings is 1. The molecule has 0 radical (unpaired) electrons. The van der Waals surface area contributed by atoms with Gasteiger partial charge in [0.15, 0.2) is 0 Å². The highest BCUT2D eigenvalue weighted by Gasteiger charge is 2.21. The molecule has 3 atom stereocenters. The van der Waals surface area contributed by atoms with Gasteiger partial charge in [-0.3, -0.25) is 4.79 Å². The molecular formula is C20H30N2O3. The van der Waals surface area contributed by atoms with Crippen molar-refractivity contribution in [2.75, 3.05) is 32.1 Å². The summed E-state index contributed by atoms with van der Waals surface area (Å²) in [5, 5.41) is 15.1. The first-order valence-corrected chi connectivity index (χ1v) is 9.07. The van der Waals surface area contributed by atoms with E-state index in [1.54, 1.807) is 7.11 Å². The maximum absolute atomic E-state index is 12.3. The molecule has 1 aromatic rings. The summed E-state index contributed by atoms with van der Waals surface area (Å²) in [6.45, 7) is 4.01. The number of nitrogens with one attached hydrogen (secondary N) is 2. The molecule has 1 saturated heterocycles. The van der Waals surface area contributed by atoms with Gasteiger partial charge in [0.2, 0.25) is 5.91 Å². The van der Waals surface area contributed by atoms with E-state index in [1.165, 1.54) is 0 Å². The molecule has 0 saturated carbocycles. The Labute approximate surface area is 150 Å². The van der Waals surface area contributed by atoms with Crippen LogP contribution in [0.15, 0.2) is 36.4 Å². The number of amides is 1. The summed E-state index contributed by atoms with van der Waals surface area (Å²) in [7, 11) is 1.70. The fourth-order valence-corrected chi connectivity index (χ4v) is 3.22. The summed E-state index contributed by atoms with van der Waals surface area (Å²) in [6.07, 6.45) is 6.64. The number of rotatable bonds is 8. The zero-order chi connectivity index (χ0) is 18.1. The third-order valence-electron chi connectivity index (χ3n) is 4.64. The summed E-state index contributed by atoms with van der Waals surface area (Å²) in [5.74, 6) is 0.339. The van der Waals surface area contributed by atoms with Gasteiger partial charge in [0.25, 0.3) is 0 Å². The van der Waals surface area contributed by atoms with Crippen LogP contribution in [-0.4, -0.2) is 37.8 Å². The Morgan fingerprint density at radius 1 is 1.44 bits per heavy atom. The van der Waals surface area contributed by atoms with Gasteiger partial charge in [-0.15, -0.1) is 0 Å². The molecule has 0 aliphatic carbocycles. The quantitative estimate of drug-likeness (QED) is 0.633. The maximum atomic E-state index is 12.3. The monoisotopic (exact) mass is 346 g/mol. The van der Waals surface area contributed by atoms with Crippen LogP contribution in [0.2, 0.25) is 0 Å². The maximum Gasteiger partial charge on any atom is 0.228 e. The summed E-state index contributed by atoms with van der Waals surface area (Å²) >= 11 is 0. The van der Waals surface area contributed by atoms with Crippen LogP contribution < -0.4 is 10.6 Å².